The van der Waals surface area contributed by atoms with E-state index in [9.17, 15) is 9.59 Å². The number of anilines is 2. The summed E-state index contributed by atoms with van der Waals surface area (Å²) in [6, 6.07) is 19.9. The summed E-state index contributed by atoms with van der Waals surface area (Å²) in [5.74, 6) is -0.305. The fraction of sp³-hybridized carbons (Fsp3) is 0.217. The lowest BCUT2D eigenvalue weighted by atomic mass is 10.0. The lowest BCUT2D eigenvalue weighted by Crippen LogP contribution is -2.46. The Bertz CT molecular complexity index is 999. The van der Waals surface area contributed by atoms with Gasteiger partial charge in [-0.05, 0) is 41.1 Å². The van der Waals surface area contributed by atoms with E-state index >= 15 is 0 Å². The van der Waals surface area contributed by atoms with E-state index in [1.165, 1.54) is 5.56 Å². The summed E-state index contributed by atoms with van der Waals surface area (Å²) in [5.41, 5.74) is 3.81. The van der Waals surface area contributed by atoms with Crippen molar-refractivity contribution >= 4 is 34.5 Å². The van der Waals surface area contributed by atoms with Gasteiger partial charge in [0.1, 0.15) is 6.54 Å². The minimum absolute atomic E-state index is 0.0341. The molecule has 0 aliphatic carbocycles. The number of carbonyl (C=O) groups is 2. The van der Waals surface area contributed by atoms with E-state index < -0.39 is 0 Å². The third kappa shape index (κ3) is 4.23. The van der Waals surface area contributed by atoms with Gasteiger partial charge in [0.2, 0.25) is 11.8 Å². The number of hydrogen-bond acceptors (Lipinski definition) is 4. The van der Waals surface area contributed by atoms with Crippen molar-refractivity contribution in [3.05, 3.63) is 82.0 Å². The molecular formula is C23H23N3O2S. The highest BCUT2D eigenvalue weighted by molar-refractivity contribution is 7.10. The normalized spacial score (nSPS) is 14.2. The molecule has 2 amide bonds. The summed E-state index contributed by atoms with van der Waals surface area (Å²) < 4.78 is 0. The first-order valence-corrected chi connectivity index (χ1v) is 10.6. The van der Waals surface area contributed by atoms with Gasteiger partial charge in [-0.2, -0.15) is 0 Å². The fourth-order valence-corrected chi connectivity index (χ4v) is 4.35. The van der Waals surface area contributed by atoms with Crippen molar-refractivity contribution in [3.8, 4) is 0 Å². The molecule has 148 valence electrons. The smallest absolute Gasteiger partial charge is 0.244 e. The van der Waals surface area contributed by atoms with Crippen molar-refractivity contribution in [2.75, 3.05) is 23.3 Å². The maximum Gasteiger partial charge on any atom is 0.244 e. The number of carbonyl (C=O) groups excluding carboxylic acids is 2. The van der Waals surface area contributed by atoms with Crippen LogP contribution in [0.5, 0.6) is 0 Å². The average Bonchev–Trinajstić information content (AvgIpc) is 3.28. The second-order valence-corrected chi connectivity index (χ2v) is 7.95. The number of fused-ring (bicyclic) bond motifs is 1. The second kappa shape index (κ2) is 8.59. The maximum atomic E-state index is 13.0. The number of rotatable bonds is 6. The van der Waals surface area contributed by atoms with Crippen LogP contribution in [0.3, 0.4) is 0 Å². The first kappa shape index (κ1) is 19.4. The minimum atomic E-state index is -0.179. The molecule has 0 unspecified atom stereocenters. The molecule has 2 aromatic carbocycles. The quantitative estimate of drug-likeness (QED) is 0.652. The zero-order valence-corrected chi connectivity index (χ0v) is 17.0. The van der Waals surface area contributed by atoms with Crippen LogP contribution in [0, 0.1) is 0 Å². The van der Waals surface area contributed by atoms with Crippen LogP contribution in [-0.2, 0) is 16.0 Å². The standard InChI is InChI=1S/C23H23N3O2S/c1-2-16-9-11-17(12-10-16)23(20-8-5-13-29-20)24-14-22(28)26-15-21(27)25-18-6-3-4-7-19(18)26/h3-13,23-24H,2,14-15H2,1H3,(H,25,27)/t23-/m0/s1. The minimum Gasteiger partial charge on any atom is -0.323 e. The Labute approximate surface area is 174 Å². The van der Waals surface area contributed by atoms with Gasteiger partial charge < -0.3 is 5.32 Å². The molecule has 1 aromatic heterocycles. The van der Waals surface area contributed by atoms with Gasteiger partial charge in [-0.15, -0.1) is 11.3 Å². The second-order valence-electron chi connectivity index (χ2n) is 6.97. The van der Waals surface area contributed by atoms with E-state index in [0.29, 0.717) is 5.69 Å². The fourth-order valence-electron chi connectivity index (χ4n) is 3.52. The number of nitrogens with one attached hydrogen (secondary N) is 2. The number of hydrogen-bond donors (Lipinski definition) is 2. The van der Waals surface area contributed by atoms with E-state index in [0.717, 1.165) is 22.5 Å². The molecule has 2 N–H and O–H groups in total. The van der Waals surface area contributed by atoms with Crippen LogP contribution < -0.4 is 15.5 Å². The zero-order valence-electron chi connectivity index (χ0n) is 16.2. The number of thiophene rings is 1. The first-order valence-electron chi connectivity index (χ1n) is 9.70. The molecule has 2 heterocycles. The number of amides is 2. The topological polar surface area (TPSA) is 61.4 Å². The monoisotopic (exact) mass is 405 g/mol. The third-order valence-electron chi connectivity index (χ3n) is 5.08. The highest BCUT2D eigenvalue weighted by Crippen LogP contribution is 2.30. The number of aryl methyl sites for hydroxylation is 1. The molecule has 29 heavy (non-hydrogen) atoms. The van der Waals surface area contributed by atoms with Gasteiger partial charge in [0, 0.05) is 4.88 Å². The molecule has 3 aromatic rings. The molecule has 0 fully saturated rings. The highest BCUT2D eigenvalue weighted by Gasteiger charge is 2.27. The molecule has 1 atom stereocenters. The van der Waals surface area contributed by atoms with Crippen LogP contribution in [0.25, 0.3) is 0 Å². The van der Waals surface area contributed by atoms with Crippen molar-refractivity contribution < 1.29 is 9.59 Å². The Hall–Kier alpha value is -2.96. The van der Waals surface area contributed by atoms with Crippen LogP contribution >= 0.6 is 11.3 Å². The SMILES string of the molecule is CCc1ccc([C@H](NCC(=O)N2CC(=O)Nc3ccccc32)c2cccs2)cc1. The molecule has 1 aliphatic rings. The predicted molar refractivity (Wildman–Crippen MR) is 117 cm³/mol. The van der Waals surface area contributed by atoms with Crippen molar-refractivity contribution in [1.82, 2.24) is 5.32 Å². The average molecular weight is 406 g/mol. The lowest BCUT2D eigenvalue weighted by Gasteiger charge is -2.30. The summed E-state index contributed by atoms with van der Waals surface area (Å²) in [6.07, 6.45) is 0.992. The summed E-state index contributed by atoms with van der Waals surface area (Å²) in [7, 11) is 0. The van der Waals surface area contributed by atoms with Crippen LogP contribution in [0.1, 0.15) is 29.0 Å². The zero-order chi connectivity index (χ0) is 20.2. The molecule has 1 aliphatic heterocycles. The maximum absolute atomic E-state index is 13.0. The van der Waals surface area contributed by atoms with Crippen LogP contribution in [0.15, 0.2) is 66.0 Å². The summed E-state index contributed by atoms with van der Waals surface area (Å²) in [6.45, 7) is 2.31. The number of nitrogens with zero attached hydrogens (tertiary/aromatic N) is 1. The summed E-state index contributed by atoms with van der Waals surface area (Å²) in [5, 5.41) is 8.26. The van der Waals surface area contributed by atoms with Crippen molar-refractivity contribution in [3.63, 3.8) is 0 Å². The highest BCUT2D eigenvalue weighted by atomic mass is 32.1. The summed E-state index contributed by atoms with van der Waals surface area (Å²) in [4.78, 5) is 27.7. The third-order valence-corrected chi connectivity index (χ3v) is 6.02. The van der Waals surface area contributed by atoms with Crippen LogP contribution in [-0.4, -0.2) is 24.9 Å². The molecule has 0 saturated heterocycles. The van der Waals surface area contributed by atoms with Gasteiger partial charge in [-0.25, -0.2) is 0 Å². The molecule has 6 heteroatoms. The first-order chi connectivity index (χ1) is 14.2. The van der Waals surface area contributed by atoms with E-state index in [1.807, 2.05) is 35.7 Å². The Morgan fingerprint density at radius 3 is 2.66 bits per heavy atom. The van der Waals surface area contributed by atoms with Crippen LogP contribution in [0.4, 0.5) is 11.4 Å². The van der Waals surface area contributed by atoms with Gasteiger partial charge in [-0.1, -0.05) is 49.4 Å². The lowest BCUT2D eigenvalue weighted by molar-refractivity contribution is -0.121. The molecule has 4 rings (SSSR count). The van der Waals surface area contributed by atoms with E-state index in [2.05, 4.69) is 47.9 Å². The molecule has 5 nitrogen and oxygen atoms in total. The van der Waals surface area contributed by atoms with E-state index in [4.69, 9.17) is 0 Å². The van der Waals surface area contributed by atoms with Crippen molar-refractivity contribution in [2.45, 2.75) is 19.4 Å². The van der Waals surface area contributed by atoms with Gasteiger partial charge in [0.15, 0.2) is 0 Å². The molecule has 0 bridgehead atoms. The Kier molecular flexibility index (Phi) is 5.74. The predicted octanol–water partition coefficient (Wildman–Crippen LogP) is 3.97. The Morgan fingerprint density at radius 2 is 1.93 bits per heavy atom. The van der Waals surface area contributed by atoms with E-state index in [1.54, 1.807) is 16.2 Å². The van der Waals surface area contributed by atoms with Gasteiger partial charge in [0.25, 0.3) is 0 Å². The van der Waals surface area contributed by atoms with E-state index in [-0.39, 0.29) is 30.9 Å². The molecule has 0 saturated carbocycles. The molecular weight excluding hydrogens is 382 g/mol. The van der Waals surface area contributed by atoms with Crippen molar-refractivity contribution in [2.24, 2.45) is 0 Å². The van der Waals surface area contributed by atoms with Crippen LogP contribution in [0.2, 0.25) is 0 Å². The van der Waals surface area contributed by atoms with Gasteiger partial charge >= 0.3 is 0 Å². The number of benzene rings is 2. The summed E-state index contributed by atoms with van der Waals surface area (Å²) >= 11 is 1.66. The Morgan fingerprint density at radius 1 is 1.14 bits per heavy atom. The molecule has 0 spiro atoms. The van der Waals surface area contributed by atoms with Crippen molar-refractivity contribution in [1.29, 1.82) is 0 Å². The molecule has 0 radical (unpaired) electrons. The van der Waals surface area contributed by atoms with Gasteiger partial charge in [0.05, 0.1) is 24.0 Å². The van der Waals surface area contributed by atoms with Gasteiger partial charge in [-0.3, -0.25) is 19.8 Å². The number of para-hydroxylation sites is 2. The largest absolute Gasteiger partial charge is 0.323 e. The Balaban J connectivity index is 1.53.